The zero-order valence-electron chi connectivity index (χ0n) is 6.86. The predicted molar refractivity (Wildman–Crippen MR) is 42.7 cm³/mol. The van der Waals surface area contributed by atoms with Crippen LogP contribution in [0.2, 0.25) is 0 Å². The van der Waals surface area contributed by atoms with Crippen LogP contribution in [0.25, 0.3) is 5.41 Å². The molecular weight excluding hydrogens is 176 g/mol. The molecule has 0 fully saturated rings. The van der Waals surface area contributed by atoms with Gasteiger partial charge in [-0.2, -0.15) is 0 Å². The minimum absolute atomic E-state index is 0.0119. The number of hydrogen-bond acceptors (Lipinski definition) is 4. The number of primary amides is 1. The van der Waals surface area contributed by atoms with Crippen LogP contribution < -0.4 is 5.73 Å². The molecule has 0 bridgehead atoms. The Hall–Kier alpha value is -1.94. The molecule has 2 N–H and O–H groups in total. The summed E-state index contributed by atoms with van der Waals surface area (Å²) in [5, 5.41) is 8.27. The van der Waals surface area contributed by atoms with Crippen LogP contribution in [0, 0.1) is 0 Å². The van der Waals surface area contributed by atoms with Crippen LogP contribution in [0.1, 0.15) is 6.92 Å². The van der Waals surface area contributed by atoms with Crippen molar-refractivity contribution in [3.05, 3.63) is 11.0 Å². The molecule has 0 saturated carbocycles. The highest BCUT2D eigenvalue weighted by Crippen LogP contribution is 1.93. The second-order valence-corrected chi connectivity index (χ2v) is 1.90. The molecule has 13 heavy (non-hydrogen) atoms. The van der Waals surface area contributed by atoms with Gasteiger partial charge in [-0.25, -0.2) is 4.79 Å². The fourth-order valence-corrected chi connectivity index (χ4v) is 0.516. The highest BCUT2D eigenvalue weighted by Gasteiger charge is 2.22. The fraction of sp³-hybridized carbons (Fsp3) is 0.286. The van der Waals surface area contributed by atoms with Crippen LogP contribution in [0.3, 0.4) is 0 Å². The third-order valence-electron chi connectivity index (χ3n) is 1.05. The maximum Gasteiger partial charge on any atom is 0.380 e. The lowest BCUT2D eigenvalue weighted by Gasteiger charge is -2.00. The number of carbonyl (C=O) groups excluding carboxylic acids is 3. The number of amides is 1. The van der Waals surface area contributed by atoms with Crippen LogP contribution >= 0.6 is 0 Å². The number of hydrogen-bond donors (Lipinski definition) is 1. The van der Waals surface area contributed by atoms with E-state index in [0.29, 0.717) is 0 Å². The lowest BCUT2D eigenvalue weighted by Crippen LogP contribution is -2.28. The van der Waals surface area contributed by atoms with E-state index in [0.717, 1.165) is 0 Å². The van der Waals surface area contributed by atoms with E-state index >= 15 is 0 Å². The Morgan fingerprint density at radius 3 is 2.31 bits per heavy atom. The Morgan fingerprint density at radius 2 is 2.00 bits per heavy atom. The Labute approximate surface area is 73.9 Å². The molecule has 0 aromatic heterocycles. The molecule has 0 aliphatic rings. The highest BCUT2D eigenvalue weighted by molar-refractivity contribution is 6.49. The number of rotatable bonds is 4. The number of nitrogens with zero attached hydrogens (tertiary/aromatic N) is 1. The summed E-state index contributed by atoms with van der Waals surface area (Å²) in [5.41, 5.74) is 3.74. The maximum atomic E-state index is 10.9. The third-order valence-corrected chi connectivity index (χ3v) is 1.05. The SMILES string of the molecule is CCOC(=O)C(=O)C(=C=[N-])C(N)=O. The summed E-state index contributed by atoms with van der Waals surface area (Å²) in [5.74, 6) is -2.56. The topological polar surface area (TPSA) is 109 Å². The minimum atomic E-state index is -1.31. The highest BCUT2D eigenvalue weighted by atomic mass is 16.5. The van der Waals surface area contributed by atoms with Crippen LogP contribution in [-0.4, -0.2) is 30.1 Å². The summed E-state index contributed by atoms with van der Waals surface area (Å²) in [6.07, 6.45) is 0. The maximum absolute atomic E-state index is 10.9. The van der Waals surface area contributed by atoms with E-state index in [2.05, 4.69) is 10.5 Å². The fourth-order valence-electron chi connectivity index (χ4n) is 0.516. The summed E-state index contributed by atoms with van der Waals surface area (Å²) in [7, 11) is 0. The molecule has 0 aliphatic carbocycles. The third kappa shape index (κ3) is 2.88. The minimum Gasteiger partial charge on any atom is -0.763 e. The van der Waals surface area contributed by atoms with Gasteiger partial charge in [0, 0.05) is 0 Å². The van der Waals surface area contributed by atoms with E-state index in [-0.39, 0.29) is 6.61 Å². The smallest absolute Gasteiger partial charge is 0.380 e. The molecule has 0 radical (unpaired) electrons. The second kappa shape index (κ2) is 4.84. The molecule has 70 valence electrons. The van der Waals surface area contributed by atoms with Crippen molar-refractivity contribution in [3.63, 3.8) is 0 Å². The second-order valence-electron chi connectivity index (χ2n) is 1.90. The molecule has 6 heteroatoms. The van der Waals surface area contributed by atoms with Gasteiger partial charge >= 0.3 is 5.97 Å². The first-order chi connectivity index (χ1) is 6.04. The Bertz CT molecular complexity index is 302. The molecule has 0 heterocycles. The molecule has 0 saturated heterocycles. The molecule has 0 aromatic carbocycles. The van der Waals surface area contributed by atoms with Crippen molar-refractivity contribution in [2.75, 3.05) is 6.61 Å². The molecule has 0 spiro atoms. The molecule has 0 atom stereocenters. The number of ether oxygens (including phenoxy) is 1. The molecule has 0 rings (SSSR count). The van der Waals surface area contributed by atoms with Crippen molar-refractivity contribution in [1.29, 1.82) is 0 Å². The number of carbonyl (C=O) groups is 3. The van der Waals surface area contributed by atoms with Crippen molar-refractivity contribution < 1.29 is 19.1 Å². The van der Waals surface area contributed by atoms with E-state index in [4.69, 9.17) is 5.41 Å². The first kappa shape index (κ1) is 11.1. The molecule has 0 aliphatic heterocycles. The normalized spacial score (nSPS) is 8.38. The standard InChI is InChI=1S/C7H7N2O4/c1-2-13-7(12)5(10)4(3-8)6(9)11/h2H2,1H3,(H2,9,11)/q-1. The molecule has 0 unspecified atom stereocenters. The summed E-state index contributed by atoms with van der Waals surface area (Å²) >= 11 is 0. The van der Waals surface area contributed by atoms with Crippen LogP contribution in [0.5, 0.6) is 0 Å². The number of ketones is 1. The van der Waals surface area contributed by atoms with Gasteiger partial charge in [0.15, 0.2) is 0 Å². The number of Topliss-reactive ketones (excluding diaryl/α,β-unsaturated/α-hetero) is 1. The van der Waals surface area contributed by atoms with Crippen LogP contribution in [0.15, 0.2) is 5.57 Å². The Balaban J connectivity index is 4.69. The Morgan fingerprint density at radius 1 is 1.46 bits per heavy atom. The zero-order chi connectivity index (χ0) is 10.4. The first-order valence-corrected chi connectivity index (χ1v) is 3.32. The van der Waals surface area contributed by atoms with Gasteiger partial charge in [0.05, 0.1) is 6.61 Å². The number of nitrogens with two attached hydrogens (primary N) is 1. The zero-order valence-corrected chi connectivity index (χ0v) is 6.86. The summed E-state index contributed by atoms with van der Waals surface area (Å²) in [6, 6.07) is 0. The van der Waals surface area contributed by atoms with Gasteiger partial charge in [0.1, 0.15) is 5.57 Å². The van der Waals surface area contributed by atoms with E-state index in [9.17, 15) is 14.4 Å². The number of esters is 1. The monoisotopic (exact) mass is 183 g/mol. The quantitative estimate of drug-likeness (QED) is 0.147. The predicted octanol–water partition coefficient (Wildman–Crippen LogP) is -1.23. The molecule has 6 nitrogen and oxygen atoms in total. The van der Waals surface area contributed by atoms with Gasteiger partial charge in [0.25, 0.3) is 11.7 Å². The van der Waals surface area contributed by atoms with Gasteiger partial charge in [-0.1, -0.05) is 0 Å². The van der Waals surface area contributed by atoms with E-state index < -0.39 is 23.2 Å². The average molecular weight is 183 g/mol. The van der Waals surface area contributed by atoms with Crippen LogP contribution in [0.4, 0.5) is 0 Å². The van der Waals surface area contributed by atoms with Crippen LogP contribution in [-0.2, 0) is 19.1 Å². The lowest BCUT2D eigenvalue weighted by atomic mass is 10.2. The van der Waals surface area contributed by atoms with Crippen molar-refractivity contribution in [2.45, 2.75) is 6.92 Å². The van der Waals surface area contributed by atoms with Crippen molar-refractivity contribution >= 4 is 23.5 Å². The van der Waals surface area contributed by atoms with E-state index in [1.165, 1.54) is 12.8 Å². The van der Waals surface area contributed by atoms with Gasteiger partial charge in [-0.05, 0) is 6.92 Å². The van der Waals surface area contributed by atoms with Gasteiger partial charge in [-0.3, -0.25) is 15.5 Å². The average Bonchev–Trinajstić information content (AvgIpc) is 2.05. The van der Waals surface area contributed by atoms with E-state index in [1.807, 2.05) is 0 Å². The van der Waals surface area contributed by atoms with Gasteiger partial charge in [0.2, 0.25) is 0 Å². The first-order valence-electron chi connectivity index (χ1n) is 3.32. The lowest BCUT2D eigenvalue weighted by molar-refractivity contribution is -0.152. The van der Waals surface area contributed by atoms with Crippen molar-refractivity contribution in [2.24, 2.45) is 5.73 Å². The molecular formula is C7H7N2O4-. The van der Waals surface area contributed by atoms with Crippen molar-refractivity contribution in [1.82, 2.24) is 0 Å². The van der Waals surface area contributed by atoms with Gasteiger partial charge < -0.3 is 15.9 Å². The largest absolute Gasteiger partial charge is 0.763 e. The molecule has 1 amide bonds. The van der Waals surface area contributed by atoms with Crippen molar-refractivity contribution in [3.8, 4) is 0 Å². The molecule has 0 aromatic rings. The van der Waals surface area contributed by atoms with E-state index in [1.54, 1.807) is 0 Å². The summed E-state index contributed by atoms with van der Waals surface area (Å²) < 4.78 is 4.27. The van der Waals surface area contributed by atoms with Gasteiger partial charge in [-0.15, -0.1) is 0 Å². The summed E-state index contributed by atoms with van der Waals surface area (Å²) in [4.78, 5) is 32.0. The summed E-state index contributed by atoms with van der Waals surface area (Å²) in [6.45, 7) is 1.48. The Kier molecular flexibility index (Phi) is 4.12.